The zero-order valence-electron chi connectivity index (χ0n) is 15.4. The van der Waals surface area contributed by atoms with Gasteiger partial charge in [-0.1, -0.05) is 12.1 Å². The van der Waals surface area contributed by atoms with Gasteiger partial charge in [0.05, 0.1) is 12.2 Å². The number of nitrogens with one attached hydrogen (secondary N) is 2. The number of aromatic nitrogens is 3. The summed E-state index contributed by atoms with van der Waals surface area (Å²) in [6.45, 7) is 2.56. The molecule has 2 N–H and O–H groups in total. The van der Waals surface area contributed by atoms with Gasteiger partial charge in [0.15, 0.2) is 23.8 Å². The lowest BCUT2D eigenvalue weighted by Crippen LogP contribution is -2.32. The van der Waals surface area contributed by atoms with Crippen LogP contribution < -0.4 is 15.4 Å². The van der Waals surface area contributed by atoms with Crippen molar-refractivity contribution in [1.82, 2.24) is 25.4 Å². The van der Waals surface area contributed by atoms with Crippen molar-refractivity contribution >= 4 is 16.9 Å². The van der Waals surface area contributed by atoms with Crippen LogP contribution in [0.4, 0.5) is 4.39 Å². The Bertz CT molecular complexity index is 968. The summed E-state index contributed by atoms with van der Waals surface area (Å²) in [4.78, 5) is 16.4. The van der Waals surface area contributed by atoms with Crippen LogP contribution in [0, 0.1) is 5.82 Å². The minimum atomic E-state index is -0.488. The first-order chi connectivity index (χ1) is 13.7. The van der Waals surface area contributed by atoms with Gasteiger partial charge in [-0.3, -0.25) is 4.79 Å². The zero-order valence-corrected chi connectivity index (χ0v) is 15.4. The molecular formula is C20H22FN5O2. The molecule has 28 heavy (non-hydrogen) atoms. The van der Waals surface area contributed by atoms with Crippen LogP contribution >= 0.6 is 0 Å². The molecule has 0 bridgehead atoms. The highest BCUT2D eigenvalue weighted by Gasteiger charge is 2.23. The van der Waals surface area contributed by atoms with Gasteiger partial charge in [-0.15, -0.1) is 0 Å². The van der Waals surface area contributed by atoms with Crippen LogP contribution in [0.15, 0.2) is 42.6 Å². The third-order valence-electron chi connectivity index (χ3n) is 4.82. The molecule has 1 amide bonds. The number of benzene rings is 1. The second-order valence-corrected chi connectivity index (χ2v) is 6.74. The normalized spacial score (nSPS) is 16.4. The summed E-state index contributed by atoms with van der Waals surface area (Å²) < 4.78 is 20.6. The van der Waals surface area contributed by atoms with E-state index in [-0.39, 0.29) is 18.3 Å². The summed E-state index contributed by atoms with van der Waals surface area (Å²) in [7, 11) is 0. The Labute approximate surface area is 161 Å². The minimum absolute atomic E-state index is 0.0646. The molecular weight excluding hydrogens is 361 g/mol. The molecule has 0 saturated carbocycles. The van der Waals surface area contributed by atoms with Crippen LogP contribution in [0.5, 0.6) is 5.75 Å². The Morgan fingerprint density at radius 2 is 2.21 bits per heavy atom. The van der Waals surface area contributed by atoms with E-state index < -0.39 is 5.82 Å². The van der Waals surface area contributed by atoms with Gasteiger partial charge in [0.25, 0.3) is 5.91 Å². The lowest BCUT2D eigenvalue weighted by atomic mass is 10.0. The molecule has 0 spiro atoms. The summed E-state index contributed by atoms with van der Waals surface area (Å²) in [6.07, 6.45) is 2.81. The lowest BCUT2D eigenvalue weighted by molar-refractivity contribution is -0.123. The monoisotopic (exact) mass is 383 g/mol. The largest absolute Gasteiger partial charge is 0.481 e. The van der Waals surface area contributed by atoms with Gasteiger partial charge in [0.1, 0.15) is 0 Å². The van der Waals surface area contributed by atoms with E-state index in [2.05, 4.69) is 15.6 Å². The van der Waals surface area contributed by atoms with E-state index in [1.165, 1.54) is 12.1 Å². The molecule has 1 aliphatic heterocycles. The SMILES string of the molecule is O=C(COc1ccccc1F)NCCn1nc(C2CCNC2)c2cccnc21. The van der Waals surface area contributed by atoms with Gasteiger partial charge >= 0.3 is 0 Å². The summed E-state index contributed by atoms with van der Waals surface area (Å²) in [5, 5.41) is 12.0. The number of hydrogen-bond acceptors (Lipinski definition) is 5. The standard InChI is InChI=1S/C20H22FN5O2/c21-16-5-1-2-6-17(16)28-13-18(27)23-10-11-26-20-15(4-3-8-24-20)19(25-26)14-7-9-22-12-14/h1-6,8,14,22H,7,9-13H2,(H,23,27). The Kier molecular flexibility index (Phi) is 5.48. The molecule has 8 heteroatoms. The van der Waals surface area contributed by atoms with Crippen LogP contribution in [0.1, 0.15) is 18.0 Å². The molecule has 1 atom stereocenters. The van der Waals surface area contributed by atoms with Gasteiger partial charge in [-0.05, 0) is 37.2 Å². The lowest BCUT2D eigenvalue weighted by Gasteiger charge is -2.08. The van der Waals surface area contributed by atoms with E-state index in [9.17, 15) is 9.18 Å². The van der Waals surface area contributed by atoms with E-state index in [4.69, 9.17) is 9.84 Å². The van der Waals surface area contributed by atoms with E-state index in [0.717, 1.165) is 36.2 Å². The van der Waals surface area contributed by atoms with Crippen molar-refractivity contribution in [2.75, 3.05) is 26.2 Å². The molecule has 0 radical (unpaired) electrons. The summed E-state index contributed by atoms with van der Waals surface area (Å²) in [6, 6.07) is 9.97. The Balaban J connectivity index is 1.35. The topological polar surface area (TPSA) is 81.1 Å². The van der Waals surface area contributed by atoms with E-state index >= 15 is 0 Å². The molecule has 3 aromatic rings. The van der Waals surface area contributed by atoms with Crippen molar-refractivity contribution in [1.29, 1.82) is 0 Å². The molecule has 2 aromatic heterocycles. The van der Waals surface area contributed by atoms with Crippen LogP contribution in [0.3, 0.4) is 0 Å². The van der Waals surface area contributed by atoms with Crippen LogP contribution in [0.25, 0.3) is 11.0 Å². The summed E-state index contributed by atoms with van der Waals surface area (Å²) in [5.41, 5.74) is 1.88. The first-order valence-electron chi connectivity index (χ1n) is 9.38. The number of para-hydroxylation sites is 1. The molecule has 4 rings (SSSR count). The molecule has 146 valence electrons. The minimum Gasteiger partial charge on any atom is -0.481 e. The van der Waals surface area contributed by atoms with Crippen LogP contribution in [-0.2, 0) is 11.3 Å². The Hall–Kier alpha value is -3.00. The first-order valence-corrected chi connectivity index (χ1v) is 9.38. The number of carbonyl (C=O) groups is 1. The number of pyridine rings is 1. The fraction of sp³-hybridized carbons (Fsp3) is 0.350. The number of carbonyl (C=O) groups excluding carboxylic acids is 1. The maximum atomic E-state index is 13.5. The highest BCUT2D eigenvalue weighted by molar-refractivity contribution is 5.79. The number of nitrogens with zero attached hydrogens (tertiary/aromatic N) is 3. The summed E-state index contributed by atoms with van der Waals surface area (Å²) >= 11 is 0. The number of rotatable bonds is 7. The second-order valence-electron chi connectivity index (χ2n) is 6.74. The number of fused-ring (bicyclic) bond motifs is 1. The fourth-order valence-corrected chi connectivity index (χ4v) is 3.44. The van der Waals surface area contributed by atoms with Gasteiger partial charge < -0.3 is 15.4 Å². The maximum Gasteiger partial charge on any atom is 0.258 e. The smallest absolute Gasteiger partial charge is 0.258 e. The van der Waals surface area contributed by atoms with E-state index in [1.807, 2.05) is 16.8 Å². The van der Waals surface area contributed by atoms with Gasteiger partial charge in [-0.2, -0.15) is 5.10 Å². The Morgan fingerprint density at radius 3 is 3.04 bits per heavy atom. The van der Waals surface area contributed by atoms with Crippen molar-refractivity contribution in [2.45, 2.75) is 18.9 Å². The molecule has 0 aliphatic carbocycles. The highest BCUT2D eigenvalue weighted by Crippen LogP contribution is 2.27. The van der Waals surface area contributed by atoms with Gasteiger partial charge in [0.2, 0.25) is 0 Å². The third kappa shape index (κ3) is 3.96. The highest BCUT2D eigenvalue weighted by atomic mass is 19.1. The third-order valence-corrected chi connectivity index (χ3v) is 4.82. The molecule has 3 heterocycles. The molecule has 1 aliphatic rings. The average molecular weight is 383 g/mol. The van der Waals surface area contributed by atoms with Crippen molar-refractivity contribution in [3.63, 3.8) is 0 Å². The van der Waals surface area contributed by atoms with Crippen molar-refractivity contribution in [2.24, 2.45) is 0 Å². The summed E-state index contributed by atoms with van der Waals surface area (Å²) in [5.74, 6) is -0.349. The zero-order chi connectivity index (χ0) is 19.3. The van der Waals surface area contributed by atoms with Gasteiger partial charge in [0, 0.05) is 30.6 Å². The van der Waals surface area contributed by atoms with Crippen LogP contribution in [-0.4, -0.2) is 46.9 Å². The number of halogens is 1. The molecule has 1 aromatic carbocycles. The average Bonchev–Trinajstić information content (AvgIpc) is 3.36. The maximum absolute atomic E-state index is 13.5. The van der Waals surface area contributed by atoms with Crippen molar-refractivity contribution < 1.29 is 13.9 Å². The predicted molar refractivity (Wildman–Crippen MR) is 103 cm³/mol. The second kappa shape index (κ2) is 8.35. The molecule has 7 nitrogen and oxygen atoms in total. The van der Waals surface area contributed by atoms with Crippen molar-refractivity contribution in [3.8, 4) is 5.75 Å². The molecule has 1 fully saturated rings. The van der Waals surface area contributed by atoms with E-state index in [1.54, 1.807) is 18.3 Å². The quantitative estimate of drug-likeness (QED) is 0.651. The van der Waals surface area contributed by atoms with Gasteiger partial charge in [-0.25, -0.2) is 14.1 Å². The molecule has 1 saturated heterocycles. The van der Waals surface area contributed by atoms with Crippen LogP contribution in [0.2, 0.25) is 0 Å². The Morgan fingerprint density at radius 1 is 1.32 bits per heavy atom. The number of hydrogen-bond donors (Lipinski definition) is 2. The number of ether oxygens (including phenoxy) is 1. The van der Waals surface area contributed by atoms with Crippen molar-refractivity contribution in [3.05, 3.63) is 54.1 Å². The molecule has 1 unspecified atom stereocenters. The first kappa shape index (κ1) is 18.4. The number of amides is 1. The fourth-order valence-electron chi connectivity index (χ4n) is 3.44. The van der Waals surface area contributed by atoms with E-state index in [0.29, 0.717) is 19.0 Å². The predicted octanol–water partition coefficient (Wildman–Crippen LogP) is 1.84.